The average molecular weight is 242 g/mol. The predicted octanol–water partition coefficient (Wildman–Crippen LogP) is 3.93. The third-order valence-corrected chi connectivity index (χ3v) is 3.43. The van der Waals surface area contributed by atoms with Crippen LogP contribution in [0.5, 0.6) is 0 Å². The van der Waals surface area contributed by atoms with Crippen molar-refractivity contribution in [3.63, 3.8) is 0 Å². The SMILES string of the molecule is CC(NCCC1CC1)c1ccc(F)c(Cl)c1. The van der Waals surface area contributed by atoms with Crippen LogP contribution in [0, 0.1) is 11.7 Å². The Morgan fingerprint density at radius 1 is 1.50 bits per heavy atom. The molecule has 0 radical (unpaired) electrons. The van der Waals surface area contributed by atoms with E-state index in [1.807, 2.05) is 0 Å². The molecule has 16 heavy (non-hydrogen) atoms. The van der Waals surface area contributed by atoms with Gasteiger partial charge < -0.3 is 5.32 Å². The Morgan fingerprint density at radius 2 is 2.25 bits per heavy atom. The minimum Gasteiger partial charge on any atom is -0.310 e. The molecule has 1 aliphatic carbocycles. The van der Waals surface area contributed by atoms with Gasteiger partial charge in [-0.2, -0.15) is 0 Å². The molecule has 0 amide bonds. The van der Waals surface area contributed by atoms with Crippen LogP contribution in [0.1, 0.15) is 37.8 Å². The Kier molecular flexibility index (Phi) is 3.82. The van der Waals surface area contributed by atoms with Gasteiger partial charge in [0.15, 0.2) is 0 Å². The number of hydrogen-bond acceptors (Lipinski definition) is 1. The normalized spacial score (nSPS) is 17.4. The number of rotatable bonds is 5. The van der Waals surface area contributed by atoms with Crippen molar-refractivity contribution in [1.82, 2.24) is 5.32 Å². The van der Waals surface area contributed by atoms with Crippen LogP contribution in [0.3, 0.4) is 0 Å². The van der Waals surface area contributed by atoms with Crippen LogP contribution in [0.25, 0.3) is 0 Å². The van der Waals surface area contributed by atoms with E-state index in [1.165, 1.54) is 25.3 Å². The van der Waals surface area contributed by atoms with Crippen molar-refractivity contribution in [3.8, 4) is 0 Å². The van der Waals surface area contributed by atoms with E-state index in [0.29, 0.717) is 0 Å². The second kappa shape index (κ2) is 5.15. The first-order valence-electron chi connectivity index (χ1n) is 5.85. The summed E-state index contributed by atoms with van der Waals surface area (Å²) in [5.41, 5.74) is 1.04. The maximum atomic E-state index is 13.0. The fraction of sp³-hybridized carbons (Fsp3) is 0.538. The molecular weight excluding hydrogens is 225 g/mol. The van der Waals surface area contributed by atoms with Gasteiger partial charge >= 0.3 is 0 Å². The zero-order chi connectivity index (χ0) is 11.5. The second-order valence-electron chi connectivity index (χ2n) is 4.58. The van der Waals surface area contributed by atoms with Crippen molar-refractivity contribution in [2.75, 3.05) is 6.54 Å². The van der Waals surface area contributed by atoms with Gasteiger partial charge in [0.25, 0.3) is 0 Å². The summed E-state index contributed by atoms with van der Waals surface area (Å²) in [6.45, 7) is 3.11. The lowest BCUT2D eigenvalue weighted by Crippen LogP contribution is -2.20. The fourth-order valence-electron chi connectivity index (χ4n) is 1.81. The number of halogens is 2. The van der Waals surface area contributed by atoms with Crippen LogP contribution < -0.4 is 5.32 Å². The Balaban J connectivity index is 1.86. The Hall–Kier alpha value is -0.600. The van der Waals surface area contributed by atoms with Crippen LogP contribution in [0.2, 0.25) is 5.02 Å². The summed E-state index contributed by atoms with van der Waals surface area (Å²) in [7, 11) is 0. The van der Waals surface area contributed by atoms with E-state index in [-0.39, 0.29) is 16.9 Å². The number of hydrogen-bond donors (Lipinski definition) is 1. The molecule has 1 fully saturated rings. The number of nitrogens with one attached hydrogen (secondary N) is 1. The predicted molar refractivity (Wildman–Crippen MR) is 65.2 cm³/mol. The topological polar surface area (TPSA) is 12.0 Å². The van der Waals surface area contributed by atoms with Gasteiger partial charge in [0.1, 0.15) is 5.82 Å². The van der Waals surface area contributed by atoms with Crippen molar-refractivity contribution < 1.29 is 4.39 Å². The van der Waals surface area contributed by atoms with Crippen LogP contribution in [0.4, 0.5) is 4.39 Å². The van der Waals surface area contributed by atoms with Gasteiger partial charge in [-0.15, -0.1) is 0 Å². The molecule has 0 aromatic heterocycles. The van der Waals surface area contributed by atoms with Gasteiger partial charge in [-0.25, -0.2) is 4.39 Å². The maximum absolute atomic E-state index is 13.0. The molecule has 0 aliphatic heterocycles. The highest BCUT2D eigenvalue weighted by Crippen LogP contribution is 2.32. The summed E-state index contributed by atoms with van der Waals surface area (Å²) in [6.07, 6.45) is 4.02. The minimum atomic E-state index is -0.351. The van der Waals surface area contributed by atoms with E-state index in [9.17, 15) is 4.39 Å². The summed E-state index contributed by atoms with van der Waals surface area (Å²) < 4.78 is 13.0. The molecule has 3 heteroatoms. The van der Waals surface area contributed by atoms with Crippen LogP contribution in [-0.4, -0.2) is 6.54 Å². The molecule has 1 N–H and O–H groups in total. The third kappa shape index (κ3) is 3.19. The molecule has 1 aromatic carbocycles. The molecule has 1 nitrogen and oxygen atoms in total. The van der Waals surface area contributed by atoms with E-state index in [1.54, 1.807) is 12.1 Å². The Morgan fingerprint density at radius 3 is 2.88 bits per heavy atom. The summed E-state index contributed by atoms with van der Waals surface area (Å²) in [4.78, 5) is 0. The zero-order valence-electron chi connectivity index (χ0n) is 9.47. The van der Waals surface area contributed by atoms with Gasteiger partial charge in [-0.3, -0.25) is 0 Å². The van der Waals surface area contributed by atoms with Gasteiger partial charge in [0.2, 0.25) is 0 Å². The lowest BCUT2D eigenvalue weighted by Gasteiger charge is -2.14. The first-order valence-corrected chi connectivity index (χ1v) is 6.23. The maximum Gasteiger partial charge on any atom is 0.141 e. The minimum absolute atomic E-state index is 0.202. The van der Waals surface area contributed by atoms with Crippen molar-refractivity contribution in [2.45, 2.75) is 32.2 Å². The third-order valence-electron chi connectivity index (χ3n) is 3.14. The quantitative estimate of drug-likeness (QED) is 0.824. The molecule has 1 atom stereocenters. The standard InChI is InChI=1S/C13H17ClFN/c1-9(16-7-6-10-2-3-10)11-4-5-13(15)12(14)8-11/h4-5,8-10,16H,2-3,6-7H2,1H3. The molecule has 88 valence electrons. The largest absolute Gasteiger partial charge is 0.310 e. The highest BCUT2D eigenvalue weighted by atomic mass is 35.5. The highest BCUT2D eigenvalue weighted by molar-refractivity contribution is 6.30. The van der Waals surface area contributed by atoms with Crippen molar-refractivity contribution in [2.24, 2.45) is 5.92 Å². The Bertz CT molecular complexity index is 363. The van der Waals surface area contributed by atoms with E-state index >= 15 is 0 Å². The van der Waals surface area contributed by atoms with Gasteiger partial charge in [-0.05, 0) is 43.5 Å². The van der Waals surface area contributed by atoms with Crippen molar-refractivity contribution >= 4 is 11.6 Å². The second-order valence-corrected chi connectivity index (χ2v) is 4.99. The summed E-state index contributed by atoms with van der Waals surface area (Å²) in [6, 6.07) is 5.15. The monoisotopic (exact) mass is 241 g/mol. The molecule has 0 spiro atoms. The first-order chi connectivity index (χ1) is 7.66. The van der Waals surface area contributed by atoms with E-state index in [4.69, 9.17) is 11.6 Å². The zero-order valence-corrected chi connectivity index (χ0v) is 10.2. The molecule has 0 heterocycles. The van der Waals surface area contributed by atoms with E-state index < -0.39 is 0 Å². The summed E-state index contributed by atoms with van der Waals surface area (Å²) in [5.74, 6) is 0.590. The molecule has 2 rings (SSSR count). The van der Waals surface area contributed by atoms with Crippen LogP contribution >= 0.6 is 11.6 Å². The molecule has 1 saturated carbocycles. The Labute approximate surface area is 101 Å². The summed E-state index contributed by atoms with van der Waals surface area (Å²) >= 11 is 5.75. The molecular formula is C13H17ClFN. The molecule has 1 aliphatic rings. The highest BCUT2D eigenvalue weighted by Gasteiger charge is 2.20. The van der Waals surface area contributed by atoms with Crippen LogP contribution in [0.15, 0.2) is 18.2 Å². The van der Waals surface area contributed by atoms with Crippen molar-refractivity contribution in [1.29, 1.82) is 0 Å². The number of benzene rings is 1. The lowest BCUT2D eigenvalue weighted by molar-refractivity contribution is 0.538. The van der Waals surface area contributed by atoms with Gasteiger partial charge in [0, 0.05) is 6.04 Å². The smallest absolute Gasteiger partial charge is 0.141 e. The van der Waals surface area contributed by atoms with E-state index in [0.717, 1.165) is 18.0 Å². The molecule has 0 saturated heterocycles. The van der Waals surface area contributed by atoms with Crippen LogP contribution in [-0.2, 0) is 0 Å². The lowest BCUT2D eigenvalue weighted by atomic mass is 10.1. The average Bonchev–Trinajstić information content (AvgIpc) is 3.06. The van der Waals surface area contributed by atoms with E-state index in [2.05, 4.69) is 12.2 Å². The van der Waals surface area contributed by atoms with Gasteiger partial charge in [-0.1, -0.05) is 30.5 Å². The molecule has 0 bridgehead atoms. The fourth-order valence-corrected chi connectivity index (χ4v) is 2.00. The molecule has 1 unspecified atom stereocenters. The van der Waals surface area contributed by atoms with Gasteiger partial charge in [0.05, 0.1) is 5.02 Å². The first kappa shape index (κ1) is 11.9. The molecule has 1 aromatic rings. The van der Waals surface area contributed by atoms with Crippen molar-refractivity contribution in [3.05, 3.63) is 34.6 Å². The summed E-state index contributed by atoms with van der Waals surface area (Å²) in [5, 5.41) is 3.64.